The maximum absolute atomic E-state index is 5.76. The van der Waals surface area contributed by atoms with Gasteiger partial charge >= 0.3 is 0 Å². The van der Waals surface area contributed by atoms with Gasteiger partial charge in [0.25, 0.3) is 0 Å². The highest BCUT2D eigenvalue weighted by Crippen LogP contribution is 2.17. The molecule has 0 spiro atoms. The molecule has 1 unspecified atom stereocenters. The second-order valence-corrected chi connectivity index (χ2v) is 3.82. The standard InChI is InChI=1S/C11H15N3/c1-8-4-3-5-10-6-13-14(11(8)10)7-9(2)12/h3-6,9H,7,12H2,1-2H3. The van der Waals surface area contributed by atoms with E-state index in [1.807, 2.05) is 17.8 Å². The van der Waals surface area contributed by atoms with Crippen LogP contribution in [0.15, 0.2) is 24.4 Å². The number of nitrogens with two attached hydrogens (primary N) is 1. The Hall–Kier alpha value is -1.35. The SMILES string of the molecule is Cc1cccc2cnn(CC(C)N)c12. The molecule has 3 heteroatoms. The summed E-state index contributed by atoms with van der Waals surface area (Å²) in [5.74, 6) is 0. The molecule has 0 fully saturated rings. The summed E-state index contributed by atoms with van der Waals surface area (Å²) in [6.07, 6.45) is 1.89. The second kappa shape index (κ2) is 3.42. The van der Waals surface area contributed by atoms with Crippen molar-refractivity contribution in [3.63, 3.8) is 0 Å². The molecule has 0 aliphatic heterocycles. The Bertz CT molecular complexity index is 443. The molecule has 14 heavy (non-hydrogen) atoms. The van der Waals surface area contributed by atoms with E-state index >= 15 is 0 Å². The summed E-state index contributed by atoms with van der Waals surface area (Å²) < 4.78 is 1.98. The number of aromatic nitrogens is 2. The topological polar surface area (TPSA) is 43.8 Å². The molecule has 1 aromatic heterocycles. The Morgan fingerprint density at radius 1 is 1.50 bits per heavy atom. The van der Waals surface area contributed by atoms with Gasteiger partial charge in [0.2, 0.25) is 0 Å². The van der Waals surface area contributed by atoms with Gasteiger partial charge in [-0.15, -0.1) is 0 Å². The molecule has 0 radical (unpaired) electrons. The molecule has 0 aliphatic carbocycles. The third-order valence-electron chi connectivity index (χ3n) is 2.32. The number of nitrogens with zero attached hydrogens (tertiary/aromatic N) is 2. The van der Waals surface area contributed by atoms with E-state index in [9.17, 15) is 0 Å². The number of rotatable bonds is 2. The van der Waals surface area contributed by atoms with Gasteiger partial charge in [0.05, 0.1) is 18.3 Å². The van der Waals surface area contributed by atoms with Crippen LogP contribution in [0, 0.1) is 6.92 Å². The quantitative estimate of drug-likeness (QED) is 0.781. The van der Waals surface area contributed by atoms with Crippen LogP contribution in [0.4, 0.5) is 0 Å². The highest BCUT2D eigenvalue weighted by molar-refractivity contribution is 5.81. The number of aryl methyl sites for hydroxylation is 1. The van der Waals surface area contributed by atoms with E-state index in [2.05, 4.69) is 30.2 Å². The predicted octanol–water partition coefficient (Wildman–Crippen LogP) is 1.69. The molecule has 0 saturated heterocycles. The summed E-state index contributed by atoms with van der Waals surface area (Å²) in [7, 11) is 0. The van der Waals surface area contributed by atoms with Crippen LogP contribution in [-0.2, 0) is 6.54 Å². The minimum atomic E-state index is 0.137. The lowest BCUT2D eigenvalue weighted by molar-refractivity contribution is 0.552. The van der Waals surface area contributed by atoms with Gasteiger partial charge in [-0.2, -0.15) is 5.10 Å². The third-order valence-corrected chi connectivity index (χ3v) is 2.32. The molecule has 1 aromatic carbocycles. The summed E-state index contributed by atoms with van der Waals surface area (Å²) in [4.78, 5) is 0. The molecule has 0 amide bonds. The van der Waals surface area contributed by atoms with E-state index in [4.69, 9.17) is 5.73 Å². The molecule has 2 rings (SSSR count). The molecular weight excluding hydrogens is 174 g/mol. The first-order chi connectivity index (χ1) is 6.68. The van der Waals surface area contributed by atoms with Gasteiger partial charge in [-0.05, 0) is 19.4 Å². The molecule has 3 nitrogen and oxygen atoms in total. The lowest BCUT2D eigenvalue weighted by Gasteiger charge is -2.07. The summed E-state index contributed by atoms with van der Waals surface area (Å²) in [5.41, 5.74) is 8.21. The fourth-order valence-electron chi connectivity index (χ4n) is 1.74. The Morgan fingerprint density at radius 3 is 3.00 bits per heavy atom. The molecule has 1 heterocycles. The zero-order valence-electron chi connectivity index (χ0n) is 8.57. The van der Waals surface area contributed by atoms with Crippen molar-refractivity contribution >= 4 is 10.9 Å². The first-order valence-electron chi connectivity index (χ1n) is 4.85. The van der Waals surface area contributed by atoms with Gasteiger partial charge in [-0.1, -0.05) is 18.2 Å². The van der Waals surface area contributed by atoms with Crippen LogP contribution < -0.4 is 5.73 Å². The van der Waals surface area contributed by atoms with Gasteiger partial charge in [0.15, 0.2) is 0 Å². The molecule has 2 N–H and O–H groups in total. The maximum atomic E-state index is 5.76. The first kappa shape index (κ1) is 9.21. The Morgan fingerprint density at radius 2 is 2.29 bits per heavy atom. The van der Waals surface area contributed by atoms with Crippen LogP contribution in [-0.4, -0.2) is 15.8 Å². The molecule has 0 aliphatic rings. The number of hydrogen-bond donors (Lipinski definition) is 1. The zero-order valence-corrected chi connectivity index (χ0v) is 8.57. The van der Waals surface area contributed by atoms with Crippen molar-refractivity contribution in [2.24, 2.45) is 5.73 Å². The van der Waals surface area contributed by atoms with Crippen molar-refractivity contribution in [2.45, 2.75) is 26.4 Å². The van der Waals surface area contributed by atoms with E-state index < -0.39 is 0 Å². The monoisotopic (exact) mass is 189 g/mol. The average Bonchev–Trinajstić information content (AvgIpc) is 2.49. The summed E-state index contributed by atoms with van der Waals surface area (Å²) in [6, 6.07) is 6.36. The molecule has 74 valence electrons. The fraction of sp³-hybridized carbons (Fsp3) is 0.364. The van der Waals surface area contributed by atoms with Crippen LogP contribution in [0.3, 0.4) is 0 Å². The van der Waals surface area contributed by atoms with Gasteiger partial charge < -0.3 is 5.73 Å². The van der Waals surface area contributed by atoms with Gasteiger partial charge in [-0.25, -0.2) is 0 Å². The fourth-order valence-corrected chi connectivity index (χ4v) is 1.74. The molecule has 1 atom stereocenters. The molecular formula is C11H15N3. The van der Waals surface area contributed by atoms with Crippen LogP contribution >= 0.6 is 0 Å². The van der Waals surface area contributed by atoms with Gasteiger partial charge in [-0.3, -0.25) is 4.68 Å². The molecule has 2 aromatic rings. The zero-order chi connectivity index (χ0) is 10.1. The largest absolute Gasteiger partial charge is 0.326 e. The second-order valence-electron chi connectivity index (χ2n) is 3.82. The third kappa shape index (κ3) is 1.51. The Labute approximate surface area is 83.5 Å². The Balaban J connectivity index is 2.55. The van der Waals surface area contributed by atoms with Gasteiger partial charge in [0, 0.05) is 11.4 Å². The normalized spacial score (nSPS) is 13.4. The summed E-state index contributed by atoms with van der Waals surface area (Å²) >= 11 is 0. The van der Waals surface area contributed by atoms with Crippen LogP contribution in [0.25, 0.3) is 10.9 Å². The predicted molar refractivity (Wildman–Crippen MR) is 58.1 cm³/mol. The Kier molecular flexibility index (Phi) is 2.25. The van der Waals surface area contributed by atoms with E-state index in [1.54, 1.807) is 0 Å². The molecule has 0 saturated carbocycles. The lowest BCUT2D eigenvalue weighted by atomic mass is 10.2. The van der Waals surface area contributed by atoms with Crippen molar-refractivity contribution in [3.05, 3.63) is 30.0 Å². The summed E-state index contributed by atoms with van der Waals surface area (Å²) in [5, 5.41) is 5.52. The lowest BCUT2D eigenvalue weighted by Crippen LogP contribution is -2.22. The smallest absolute Gasteiger partial charge is 0.0712 e. The summed E-state index contributed by atoms with van der Waals surface area (Å²) in [6.45, 7) is 4.86. The minimum absolute atomic E-state index is 0.137. The van der Waals surface area contributed by atoms with E-state index in [-0.39, 0.29) is 6.04 Å². The number of para-hydroxylation sites is 1. The minimum Gasteiger partial charge on any atom is -0.326 e. The van der Waals surface area contributed by atoms with E-state index in [0.717, 1.165) is 6.54 Å². The van der Waals surface area contributed by atoms with Crippen molar-refractivity contribution in [1.82, 2.24) is 9.78 Å². The average molecular weight is 189 g/mol. The molecule has 0 bridgehead atoms. The van der Waals surface area contributed by atoms with Crippen molar-refractivity contribution in [1.29, 1.82) is 0 Å². The number of benzene rings is 1. The van der Waals surface area contributed by atoms with Crippen molar-refractivity contribution in [3.8, 4) is 0 Å². The van der Waals surface area contributed by atoms with Crippen LogP contribution in [0.1, 0.15) is 12.5 Å². The highest BCUT2D eigenvalue weighted by Gasteiger charge is 2.05. The van der Waals surface area contributed by atoms with Crippen LogP contribution in [0.2, 0.25) is 0 Å². The first-order valence-corrected chi connectivity index (χ1v) is 4.85. The maximum Gasteiger partial charge on any atom is 0.0712 e. The van der Waals surface area contributed by atoms with Crippen molar-refractivity contribution in [2.75, 3.05) is 0 Å². The van der Waals surface area contributed by atoms with Gasteiger partial charge in [0.1, 0.15) is 0 Å². The van der Waals surface area contributed by atoms with E-state index in [1.165, 1.54) is 16.5 Å². The van der Waals surface area contributed by atoms with Crippen molar-refractivity contribution < 1.29 is 0 Å². The number of fused-ring (bicyclic) bond motifs is 1. The highest BCUT2D eigenvalue weighted by atomic mass is 15.3. The van der Waals surface area contributed by atoms with E-state index in [0.29, 0.717) is 0 Å². The number of hydrogen-bond acceptors (Lipinski definition) is 2. The van der Waals surface area contributed by atoms with Crippen LogP contribution in [0.5, 0.6) is 0 Å².